The van der Waals surface area contributed by atoms with Gasteiger partial charge in [-0.2, -0.15) is 0 Å². The van der Waals surface area contributed by atoms with E-state index in [1.165, 1.54) is 4.88 Å². The van der Waals surface area contributed by atoms with Gasteiger partial charge in [-0.15, -0.1) is 11.3 Å². The molecule has 0 amide bonds. The molecule has 3 heterocycles. The minimum atomic E-state index is -0.00206. The van der Waals surface area contributed by atoms with Crippen molar-refractivity contribution in [2.45, 2.75) is 12.1 Å². The second-order valence-electron chi connectivity index (χ2n) is 6.57. The monoisotopic (exact) mass is 458 g/mol. The number of hydrogen-bond acceptors (Lipinski definition) is 4. The van der Waals surface area contributed by atoms with Gasteiger partial charge in [-0.05, 0) is 70.6 Å². The van der Waals surface area contributed by atoms with Crippen LogP contribution < -0.4 is 15.1 Å². The fraction of sp³-hybridized carbons (Fsp3) is 0.200. The van der Waals surface area contributed by atoms with Crippen LogP contribution in [-0.2, 0) is 0 Å². The van der Waals surface area contributed by atoms with E-state index in [1.54, 1.807) is 11.3 Å². The van der Waals surface area contributed by atoms with Gasteiger partial charge in [-0.1, -0.05) is 6.07 Å². The van der Waals surface area contributed by atoms with Crippen molar-refractivity contribution in [3.05, 3.63) is 75.2 Å². The molecular weight excluding hydrogens is 440 g/mol. The van der Waals surface area contributed by atoms with Crippen molar-refractivity contribution in [2.75, 3.05) is 23.9 Å². The van der Waals surface area contributed by atoms with Crippen molar-refractivity contribution >= 4 is 56.0 Å². The fourth-order valence-electron chi connectivity index (χ4n) is 3.32. The van der Waals surface area contributed by atoms with Crippen molar-refractivity contribution < 1.29 is 0 Å². The van der Waals surface area contributed by atoms with E-state index in [9.17, 15) is 0 Å². The van der Waals surface area contributed by atoms with Gasteiger partial charge in [0.25, 0.3) is 0 Å². The van der Waals surface area contributed by atoms with E-state index in [2.05, 4.69) is 77.8 Å². The van der Waals surface area contributed by atoms with Crippen LogP contribution in [0.2, 0.25) is 0 Å². The first-order valence-corrected chi connectivity index (χ1v) is 10.6. The summed E-state index contributed by atoms with van der Waals surface area (Å²) in [7, 11) is 4.08. The van der Waals surface area contributed by atoms with E-state index in [-0.39, 0.29) is 12.1 Å². The second-order valence-corrected chi connectivity index (χ2v) is 8.82. The molecule has 2 atom stereocenters. The number of rotatable bonds is 4. The summed E-state index contributed by atoms with van der Waals surface area (Å²) in [4.78, 5) is 10.1. The summed E-state index contributed by atoms with van der Waals surface area (Å²) in [6.07, 6.45) is 1.83. The molecule has 1 N–H and O–H groups in total. The number of aromatic nitrogens is 1. The largest absolute Gasteiger partial charge is 0.378 e. The third kappa shape index (κ3) is 3.59. The topological polar surface area (TPSA) is 31.4 Å². The number of halogens is 1. The number of hydrogen-bond donors (Lipinski definition) is 1. The molecule has 138 valence electrons. The molecular formula is C20H19BrN4S2. The van der Waals surface area contributed by atoms with Crippen molar-refractivity contribution in [3.63, 3.8) is 0 Å². The van der Waals surface area contributed by atoms with Crippen LogP contribution in [0.25, 0.3) is 0 Å². The maximum Gasteiger partial charge on any atom is 0.174 e. The highest BCUT2D eigenvalue weighted by Crippen LogP contribution is 2.44. The molecule has 7 heteroatoms. The summed E-state index contributed by atoms with van der Waals surface area (Å²) < 4.78 is 1.09. The fourth-order valence-corrected chi connectivity index (χ4v) is 5.23. The smallest absolute Gasteiger partial charge is 0.174 e. The molecule has 1 aliphatic heterocycles. The van der Waals surface area contributed by atoms with Gasteiger partial charge >= 0.3 is 0 Å². The Morgan fingerprint density at radius 1 is 1.19 bits per heavy atom. The summed E-state index contributed by atoms with van der Waals surface area (Å²) in [6, 6.07) is 16.7. The highest BCUT2D eigenvalue weighted by Gasteiger charge is 2.41. The third-order valence-corrected chi connectivity index (χ3v) is 6.70. The summed E-state index contributed by atoms with van der Waals surface area (Å²) in [6.45, 7) is 0. The molecule has 0 bridgehead atoms. The van der Waals surface area contributed by atoms with Crippen molar-refractivity contribution in [2.24, 2.45) is 0 Å². The van der Waals surface area contributed by atoms with Gasteiger partial charge in [0.15, 0.2) is 5.11 Å². The van der Waals surface area contributed by atoms with Crippen LogP contribution in [0.1, 0.15) is 22.7 Å². The number of thiocarbonyl (C=S) groups is 1. The molecule has 4 rings (SSSR count). The Morgan fingerprint density at radius 2 is 1.96 bits per heavy atom. The molecule has 27 heavy (non-hydrogen) atoms. The lowest BCUT2D eigenvalue weighted by atomic mass is 10.0. The molecule has 1 aromatic carbocycles. The highest BCUT2D eigenvalue weighted by atomic mass is 79.9. The van der Waals surface area contributed by atoms with E-state index < -0.39 is 0 Å². The Kier molecular flexibility index (Phi) is 5.16. The lowest BCUT2D eigenvalue weighted by Crippen LogP contribution is -2.29. The minimum absolute atomic E-state index is 0.00206. The molecule has 2 aromatic heterocycles. The standard InChI is InChI=1S/C20H19BrN4S2/c1-24(2)14-6-8-15(9-7-14)25-19(17-11-13(21)12-27-17)18(23-20(25)26)16-5-3-4-10-22-16/h3-12,18-19H,1-2H3,(H,23,26)/t18-,19-/m0/s1. The lowest BCUT2D eigenvalue weighted by molar-refractivity contribution is 0.575. The van der Waals surface area contributed by atoms with E-state index in [4.69, 9.17) is 12.2 Å². The predicted octanol–water partition coefficient (Wildman–Crippen LogP) is 5.15. The average Bonchev–Trinajstić information content (AvgIpc) is 3.25. The molecule has 0 spiro atoms. The van der Waals surface area contributed by atoms with Crippen molar-refractivity contribution in [1.29, 1.82) is 0 Å². The Bertz CT molecular complexity index is 940. The summed E-state index contributed by atoms with van der Waals surface area (Å²) in [5.74, 6) is 0. The normalized spacial score (nSPS) is 19.2. The van der Waals surface area contributed by atoms with Crippen LogP contribution in [-0.4, -0.2) is 24.2 Å². The van der Waals surface area contributed by atoms with Crippen molar-refractivity contribution in [1.82, 2.24) is 10.3 Å². The SMILES string of the molecule is CN(C)c1ccc(N2C(=S)N[C@@H](c3ccccn3)[C@@H]2c2cc(Br)cs2)cc1. The first-order valence-electron chi connectivity index (χ1n) is 8.56. The van der Waals surface area contributed by atoms with Crippen LogP contribution in [0.3, 0.4) is 0 Å². The first kappa shape index (κ1) is 18.4. The predicted molar refractivity (Wildman–Crippen MR) is 121 cm³/mol. The van der Waals surface area contributed by atoms with Gasteiger partial charge in [0.1, 0.15) is 0 Å². The zero-order valence-corrected chi connectivity index (χ0v) is 18.2. The number of nitrogens with one attached hydrogen (secondary N) is 1. The van der Waals surface area contributed by atoms with Gasteiger partial charge in [-0.25, -0.2) is 0 Å². The Hall–Kier alpha value is -1.96. The summed E-state index contributed by atoms with van der Waals surface area (Å²) >= 11 is 11.1. The Labute approximate surface area is 177 Å². The number of nitrogens with zero attached hydrogens (tertiary/aromatic N) is 3. The van der Waals surface area contributed by atoms with Crippen LogP contribution in [0.4, 0.5) is 11.4 Å². The molecule has 0 saturated carbocycles. The van der Waals surface area contributed by atoms with Crippen LogP contribution in [0, 0.1) is 0 Å². The molecule has 4 nitrogen and oxygen atoms in total. The van der Waals surface area contributed by atoms with E-state index >= 15 is 0 Å². The van der Waals surface area contributed by atoms with Crippen LogP contribution in [0.15, 0.2) is 64.6 Å². The molecule has 0 radical (unpaired) electrons. The number of thiophene rings is 1. The minimum Gasteiger partial charge on any atom is -0.378 e. The Morgan fingerprint density at radius 3 is 2.56 bits per heavy atom. The molecule has 1 saturated heterocycles. The zero-order valence-electron chi connectivity index (χ0n) is 15.0. The summed E-state index contributed by atoms with van der Waals surface area (Å²) in [5.41, 5.74) is 3.22. The summed E-state index contributed by atoms with van der Waals surface area (Å²) in [5, 5.41) is 6.32. The van der Waals surface area contributed by atoms with E-state index in [0.29, 0.717) is 0 Å². The quantitative estimate of drug-likeness (QED) is 0.546. The van der Waals surface area contributed by atoms with E-state index in [1.807, 2.05) is 32.4 Å². The number of pyridine rings is 1. The van der Waals surface area contributed by atoms with Gasteiger partial charge in [0.05, 0.1) is 17.8 Å². The van der Waals surface area contributed by atoms with Gasteiger partial charge in [0.2, 0.25) is 0 Å². The number of benzene rings is 1. The van der Waals surface area contributed by atoms with Gasteiger partial charge in [0, 0.05) is 46.4 Å². The van der Waals surface area contributed by atoms with Crippen molar-refractivity contribution in [3.8, 4) is 0 Å². The third-order valence-electron chi connectivity index (χ3n) is 4.62. The molecule has 1 fully saturated rings. The van der Waals surface area contributed by atoms with Gasteiger partial charge in [-0.3, -0.25) is 4.98 Å². The van der Waals surface area contributed by atoms with Gasteiger partial charge < -0.3 is 15.1 Å². The lowest BCUT2D eigenvalue weighted by Gasteiger charge is -2.27. The van der Waals surface area contributed by atoms with Crippen LogP contribution >= 0.6 is 39.5 Å². The molecule has 3 aromatic rings. The average molecular weight is 459 g/mol. The highest BCUT2D eigenvalue weighted by molar-refractivity contribution is 9.10. The second kappa shape index (κ2) is 7.58. The zero-order chi connectivity index (χ0) is 19.0. The molecule has 1 aliphatic rings. The maximum absolute atomic E-state index is 5.74. The number of anilines is 2. The van der Waals surface area contributed by atoms with Crippen LogP contribution in [0.5, 0.6) is 0 Å². The van der Waals surface area contributed by atoms with E-state index in [0.717, 1.165) is 26.7 Å². The first-order chi connectivity index (χ1) is 13.0. The molecule has 0 unspecified atom stereocenters. The Balaban J connectivity index is 1.78. The maximum atomic E-state index is 5.74. The molecule has 0 aliphatic carbocycles.